The fourth-order valence-corrected chi connectivity index (χ4v) is 3.46. The zero-order valence-electron chi connectivity index (χ0n) is 14.5. The van der Waals surface area contributed by atoms with Gasteiger partial charge in [0.25, 0.3) is 5.91 Å². The first-order valence-electron chi connectivity index (χ1n) is 8.76. The van der Waals surface area contributed by atoms with Crippen LogP contribution in [0.25, 0.3) is 0 Å². The highest BCUT2D eigenvalue weighted by atomic mass is 16.3. The predicted octanol–water partition coefficient (Wildman–Crippen LogP) is 2.33. The van der Waals surface area contributed by atoms with Crippen molar-refractivity contribution in [3.8, 4) is 0 Å². The summed E-state index contributed by atoms with van der Waals surface area (Å²) in [4.78, 5) is 26.5. The SMILES string of the molecule is Cn1cc(C(=O)N(Cc2ccccc2)[C@@H]2CCCC[C@H]2O)ccc1=O. The van der Waals surface area contributed by atoms with Gasteiger partial charge in [-0.15, -0.1) is 0 Å². The number of pyridine rings is 1. The summed E-state index contributed by atoms with van der Waals surface area (Å²) in [6.07, 6.45) is 4.58. The quantitative estimate of drug-likeness (QED) is 0.929. The summed E-state index contributed by atoms with van der Waals surface area (Å²) in [6.45, 7) is 0.449. The molecule has 1 aromatic heterocycles. The Kier molecular flexibility index (Phi) is 5.34. The molecule has 25 heavy (non-hydrogen) atoms. The van der Waals surface area contributed by atoms with Crippen molar-refractivity contribution in [2.75, 3.05) is 0 Å². The fourth-order valence-electron chi connectivity index (χ4n) is 3.46. The summed E-state index contributed by atoms with van der Waals surface area (Å²) in [7, 11) is 1.64. The van der Waals surface area contributed by atoms with Gasteiger partial charge in [0.1, 0.15) is 0 Å². The third kappa shape index (κ3) is 3.99. The third-order valence-corrected chi connectivity index (χ3v) is 4.88. The van der Waals surface area contributed by atoms with Crippen LogP contribution in [0.15, 0.2) is 53.5 Å². The van der Waals surface area contributed by atoms with Crippen LogP contribution in [0.4, 0.5) is 0 Å². The highest BCUT2D eigenvalue weighted by Crippen LogP contribution is 2.26. The van der Waals surface area contributed by atoms with Crippen molar-refractivity contribution in [3.63, 3.8) is 0 Å². The van der Waals surface area contributed by atoms with E-state index in [0.29, 0.717) is 12.1 Å². The first kappa shape index (κ1) is 17.4. The van der Waals surface area contributed by atoms with E-state index < -0.39 is 6.10 Å². The van der Waals surface area contributed by atoms with Gasteiger partial charge in [0, 0.05) is 25.9 Å². The summed E-state index contributed by atoms with van der Waals surface area (Å²) in [5.41, 5.74) is 1.35. The van der Waals surface area contributed by atoms with Crippen LogP contribution in [0.3, 0.4) is 0 Å². The highest BCUT2D eigenvalue weighted by molar-refractivity contribution is 5.94. The standard InChI is InChI=1S/C20H24N2O3/c1-21-14-16(11-12-19(21)24)20(25)22(13-15-7-3-2-4-8-15)17-9-5-6-10-18(17)23/h2-4,7-8,11-12,14,17-18,23H,5-6,9-10,13H2,1H3/t17-,18-/m1/s1. The average Bonchev–Trinajstić information content (AvgIpc) is 2.63. The number of aliphatic hydroxyl groups is 1. The lowest BCUT2D eigenvalue weighted by Gasteiger charge is -2.38. The third-order valence-electron chi connectivity index (χ3n) is 4.88. The molecule has 1 amide bonds. The van der Waals surface area contributed by atoms with Gasteiger partial charge in [-0.2, -0.15) is 0 Å². The summed E-state index contributed by atoms with van der Waals surface area (Å²) in [5.74, 6) is -0.148. The van der Waals surface area contributed by atoms with Gasteiger partial charge >= 0.3 is 0 Å². The number of rotatable bonds is 4. The molecular weight excluding hydrogens is 316 g/mol. The van der Waals surface area contributed by atoms with Crippen LogP contribution in [0.2, 0.25) is 0 Å². The molecule has 0 radical (unpaired) electrons. The molecule has 1 fully saturated rings. The van der Waals surface area contributed by atoms with Crippen LogP contribution in [0.5, 0.6) is 0 Å². The lowest BCUT2D eigenvalue weighted by atomic mass is 9.90. The Labute approximate surface area is 147 Å². The predicted molar refractivity (Wildman–Crippen MR) is 96.3 cm³/mol. The van der Waals surface area contributed by atoms with Crippen molar-refractivity contribution in [2.24, 2.45) is 7.05 Å². The van der Waals surface area contributed by atoms with E-state index >= 15 is 0 Å². The van der Waals surface area contributed by atoms with Gasteiger partial charge in [-0.1, -0.05) is 43.2 Å². The Morgan fingerprint density at radius 1 is 1.16 bits per heavy atom. The molecule has 1 aliphatic carbocycles. The number of hydrogen-bond donors (Lipinski definition) is 1. The molecule has 5 nitrogen and oxygen atoms in total. The largest absolute Gasteiger partial charge is 0.391 e. The van der Waals surface area contributed by atoms with Gasteiger partial charge in [0.15, 0.2) is 0 Å². The van der Waals surface area contributed by atoms with E-state index in [4.69, 9.17) is 0 Å². The summed E-state index contributed by atoms with van der Waals surface area (Å²) in [5, 5.41) is 10.5. The Hall–Kier alpha value is -2.40. The average molecular weight is 340 g/mol. The number of carbonyl (C=O) groups excluding carboxylic acids is 1. The molecule has 5 heteroatoms. The molecule has 2 atom stereocenters. The lowest BCUT2D eigenvalue weighted by Crippen LogP contribution is -2.48. The van der Waals surface area contributed by atoms with Crippen LogP contribution in [0.1, 0.15) is 41.6 Å². The smallest absolute Gasteiger partial charge is 0.255 e. The minimum Gasteiger partial charge on any atom is -0.391 e. The normalized spacial score (nSPS) is 20.2. The van der Waals surface area contributed by atoms with E-state index in [-0.39, 0.29) is 17.5 Å². The second kappa shape index (κ2) is 7.66. The van der Waals surface area contributed by atoms with Crippen molar-refractivity contribution in [1.82, 2.24) is 9.47 Å². The van der Waals surface area contributed by atoms with E-state index in [9.17, 15) is 14.7 Å². The fraction of sp³-hybridized carbons (Fsp3) is 0.400. The molecule has 0 unspecified atom stereocenters. The summed E-state index contributed by atoms with van der Waals surface area (Å²) in [6, 6.07) is 12.6. The number of amides is 1. The number of aryl methyl sites for hydroxylation is 1. The topological polar surface area (TPSA) is 62.5 Å². The van der Waals surface area contributed by atoms with Crippen LogP contribution >= 0.6 is 0 Å². The van der Waals surface area contributed by atoms with Crippen LogP contribution in [-0.2, 0) is 13.6 Å². The number of nitrogens with zero attached hydrogens (tertiary/aromatic N) is 2. The molecule has 1 N–H and O–H groups in total. The zero-order chi connectivity index (χ0) is 17.8. The number of carbonyl (C=O) groups is 1. The molecule has 0 spiro atoms. The van der Waals surface area contributed by atoms with E-state index in [1.807, 2.05) is 30.3 Å². The molecule has 1 saturated carbocycles. The molecule has 1 heterocycles. The highest BCUT2D eigenvalue weighted by Gasteiger charge is 2.32. The van der Waals surface area contributed by atoms with Gasteiger partial charge in [-0.25, -0.2) is 0 Å². The van der Waals surface area contributed by atoms with Crippen LogP contribution in [-0.4, -0.2) is 32.6 Å². The first-order chi connectivity index (χ1) is 12.1. The summed E-state index contributed by atoms with van der Waals surface area (Å²) < 4.78 is 1.41. The van der Waals surface area contributed by atoms with E-state index in [0.717, 1.165) is 31.2 Å². The molecule has 132 valence electrons. The maximum Gasteiger partial charge on any atom is 0.255 e. The number of hydrogen-bond acceptors (Lipinski definition) is 3. The van der Waals surface area contributed by atoms with Gasteiger partial charge in [-0.05, 0) is 24.5 Å². The molecule has 0 saturated heterocycles. The minimum atomic E-state index is -0.506. The number of aromatic nitrogens is 1. The maximum absolute atomic E-state index is 13.2. The molecule has 0 bridgehead atoms. The number of benzene rings is 1. The molecule has 0 aliphatic heterocycles. The Balaban J connectivity index is 1.92. The van der Waals surface area contributed by atoms with Crippen molar-refractivity contribution in [3.05, 3.63) is 70.1 Å². The molecule has 1 aliphatic rings. The summed E-state index contributed by atoms with van der Waals surface area (Å²) >= 11 is 0. The monoisotopic (exact) mass is 340 g/mol. The van der Waals surface area contributed by atoms with Gasteiger partial charge in [0.2, 0.25) is 5.56 Å². The van der Waals surface area contributed by atoms with Gasteiger partial charge in [-0.3, -0.25) is 9.59 Å². The Morgan fingerprint density at radius 2 is 1.88 bits per heavy atom. The Morgan fingerprint density at radius 3 is 2.56 bits per heavy atom. The van der Waals surface area contributed by atoms with Crippen molar-refractivity contribution >= 4 is 5.91 Å². The second-order valence-corrected chi connectivity index (χ2v) is 6.70. The lowest BCUT2D eigenvalue weighted by molar-refractivity contribution is 0.0149. The van der Waals surface area contributed by atoms with E-state index in [1.54, 1.807) is 24.2 Å². The van der Waals surface area contributed by atoms with Crippen molar-refractivity contribution < 1.29 is 9.90 Å². The molecule has 1 aromatic carbocycles. The molecule has 2 aromatic rings. The van der Waals surface area contributed by atoms with Crippen LogP contribution < -0.4 is 5.56 Å². The number of aliphatic hydroxyl groups excluding tert-OH is 1. The van der Waals surface area contributed by atoms with Gasteiger partial charge in [0.05, 0.1) is 17.7 Å². The van der Waals surface area contributed by atoms with E-state index in [2.05, 4.69) is 0 Å². The molecular formula is C20H24N2O3. The molecule has 3 rings (SSSR count). The maximum atomic E-state index is 13.2. The first-order valence-corrected chi connectivity index (χ1v) is 8.76. The van der Waals surface area contributed by atoms with E-state index in [1.165, 1.54) is 10.6 Å². The van der Waals surface area contributed by atoms with Crippen molar-refractivity contribution in [1.29, 1.82) is 0 Å². The van der Waals surface area contributed by atoms with Crippen LogP contribution in [0, 0.1) is 0 Å². The van der Waals surface area contributed by atoms with Gasteiger partial charge < -0.3 is 14.6 Å². The zero-order valence-corrected chi connectivity index (χ0v) is 14.5. The Bertz CT molecular complexity index is 785. The minimum absolute atomic E-state index is 0.148. The van der Waals surface area contributed by atoms with Crippen molar-refractivity contribution in [2.45, 2.75) is 44.4 Å². The second-order valence-electron chi connectivity index (χ2n) is 6.70.